The Balaban J connectivity index is 1.53. The lowest BCUT2D eigenvalue weighted by atomic mass is 9.34. The Morgan fingerprint density at radius 2 is 1.77 bits per heavy atom. The number of aromatic amines is 1. The second-order valence-corrected chi connectivity index (χ2v) is 13.6. The number of hydrogen-bond donors (Lipinski definition) is 1. The van der Waals surface area contributed by atoms with E-state index in [2.05, 4.69) is 74.5 Å². The molecule has 1 heterocycles. The zero-order valence-electron chi connectivity index (χ0n) is 22.7. The predicted molar refractivity (Wildman–Crippen MR) is 139 cm³/mol. The highest BCUT2D eigenvalue weighted by molar-refractivity contribution is 5.25. The monoisotopic (exact) mass is 475 g/mol. The van der Waals surface area contributed by atoms with E-state index in [-0.39, 0.29) is 21.7 Å². The molecule has 0 unspecified atom stereocenters. The highest BCUT2D eigenvalue weighted by atomic mass is 15.5. The van der Waals surface area contributed by atoms with Gasteiger partial charge in [0.25, 0.3) is 0 Å². The molecule has 5 heteroatoms. The molecule has 35 heavy (non-hydrogen) atoms. The Morgan fingerprint density at radius 1 is 1.00 bits per heavy atom. The van der Waals surface area contributed by atoms with E-state index in [0.717, 1.165) is 37.9 Å². The number of tetrazole rings is 1. The first-order chi connectivity index (χ1) is 16.5. The van der Waals surface area contributed by atoms with Crippen molar-refractivity contribution in [1.82, 2.24) is 20.6 Å². The molecule has 190 valence electrons. The van der Waals surface area contributed by atoms with Crippen molar-refractivity contribution in [2.45, 2.75) is 98.8 Å². The predicted octanol–water partition coefficient (Wildman–Crippen LogP) is 7.07. The first-order valence-corrected chi connectivity index (χ1v) is 14.0. The molecule has 1 N–H and O–H groups in total. The van der Waals surface area contributed by atoms with E-state index in [1.54, 1.807) is 0 Å². The van der Waals surface area contributed by atoms with Crippen molar-refractivity contribution in [2.75, 3.05) is 0 Å². The van der Waals surface area contributed by atoms with Crippen LogP contribution in [0.1, 0.15) is 98.2 Å². The molecule has 4 saturated carbocycles. The van der Waals surface area contributed by atoms with Gasteiger partial charge in [-0.3, -0.25) is 0 Å². The van der Waals surface area contributed by atoms with E-state index in [4.69, 9.17) is 0 Å². The van der Waals surface area contributed by atoms with Crippen LogP contribution in [0.5, 0.6) is 0 Å². The van der Waals surface area contributed by atoms with Crippen LogP contribution in [-0.4, -0.2) is 20.6 Å². The van der Waals surface area contributed by atoms with E-state index in [9.17, 15) is 5.26 Å². The molecule has 4 aliphatic carbocycles. The van der Waals surface area contributed by atoms with Crippen LogP contribution in [0.15, 0.2) is 24.3 Å². The third kappa shape index (κ3) is 3.34. The molecule has 0 radical (unpaired) electrons. The number of aryl methyl sites for hydroxylation is 1. The molecule has 4 aliphatic rings. The highest BCUT2D eigenvalue weighted by Gasteiger charge is 2.69. The Labute approximate surface area is 212 Å². The first-order valence-electron chi connectivity index (χ1n) is 14.0. The molecule has 0 aromatic carbocycles. The minimum Gasteiger partial charge on any atom is -0.198 e. The van der Waals surface area contributed by atoms with E-state index in [1.807, 2.05) is 0 Å². The van der Waals surface area contributed by atoms with Crippen molar-refractivity contribution in [3.8, 4) is 6.07 Å². The summed E-state index contributed by atoms with van der Waals surface area (Å²) in [6, 6.07) is 2.90. The number of rotatable bonds is 5. The SMILES string of the molecule is C=C(C)[C@@H]1CC[C@]2(C#N)CC[C@]3(C)[C@H](CC[C@@H]4[C@@](C)(CCc5nn[nH]n5)[C@H](C(=C)C)CC[C@]43C)[C@@H]12. The van der Waals surface area contributed by atoms with Crippen LogP contribution >= 0.6 is 0 Å². The fraction of sp³-hybridized carbons (Fsp3) is 0.800. The molecule has 0 amide bonds. The van der Waals surface area contributed by atoms with E-state index < -0.39 is 0 Å². The first kappa shape index (κ1) is 24.7. The van der Waals surface area contributed by atoms with Gasteiger partial charge in [-0.05, 0) is 117 Å². The smallest absolute Gasteiger partial charge is 0.174 e. The van der Waals surface area contributed by atoms with Gasteiger partial charge in [0, 0.05) is 6.42 Å². The second kappa shape index (κ2) is 8.29. The zero-order chi connectivity index (χ0) is 25.2. The molecule has 0 bridgehead atoms. The van der Waals surface area contributed by atoms with E-state index in [1.165, 1.54) is 43.3 Å². The van der Waals surface area contributed by atoms with Gasteiger partial charge < -0.3 is 0 Å². The van der Waals surface area contributed by atoms with Gasteiger partial charge in [-0.15, -0.1) is 10.2 Å². The summed E-state index contributed by atoms with van der Waals surface area (Å²) in [6.45, 7) is 21.2. The molecule has 0 saturated heterocycles. The lowest BCUT2D eigenvalue weighted by Crippen LogP contribution is -2.64. The largest absolute Gasteiger partial charge is 0.198 e. The molecule has 5 rings (SSSR count). The van der Waals surface area contributed by atoms with E-state index in [0.29, 0.717) is 29.6 Å². The quantitative estimate of drug-likeness (QED) is 0.462. The third-order valence-electron chi connectivity index (χ3n) is 12.4. The average Bonchev–Trinajstić information content (AvgIpc) is 3.46. The molecule has 0 spiro atoms. The molecule has 4 fully saturated rings. The fourth-order valence-corrected chi connectivity index (χ4v) is 10.5. The number of fused-ring (bicyclic) bond motifs is 5. The number of nitrogens with one attached hydrogen (secondary N) is 1. The van der Waals surface area contributed by atoms with Crippen LogP contribution < -0.4 is 0 Å². The summed E-state index contributed by atoms with van der Waals surface area (Å²) < 4.78 is 0. The molecular formula is C30H45N5. The number of nitriles is 1. The van der Waals surface area contributed by atoms with Crippen molar-refractivity contribution < 1.29 is 0 Å². The van der Waals surface area contributed by atoms with Crippen molar-refractivity contribution in [2.24, 2.45) is 51.2 Å². The van der Waals surface area contributed by atoms with Crippen LogP contribution in [0.4, 0.5) is 0 Å². The maximum atomic E-state index is 10.5. The minimum atomic E-state index is -0.131. The van der Waals surface area contributed by atoms with Crippen molar-refractivity contribution in [3.63, 3.8) is 0 Å². The fourth-order valence-electron chi connectivity index (χ4n) is 10.5. The summed E-state index contributed by atoms with van der Waals surface area (Å²) in [5.41, 5.74) is 3.19. The zero-order valence-corrected chi connectivity index (χ0v) is 22.7. The normalized spacial score (nSPS) is 46.7. The number of aromatic nitrogens is 4. The van der Waals surface area contributed by atoms with Crippen molar-refractivity contribution in [3.05, 3.63) is 30.1 Å². The van der Waals surface area contributed by atoms with E-state index >= 15 is 0 Å². The standard InChI is InChI=1S/C30H45N5/c1-19(2)21-10-15-30(18-31)17-16-28(6)23(26(21)30)8-9-24-27(5,13-12-25-32-34-35-33-25)22(20(3)4)11-14-29(24,28)7/h21-24,26H,1,3,8-17H2,2,4-7H3,(H,32,33,34,35)/t21-,22-,23+,24+,26+,27-,28+,29+,30+/m0/s1. The number of H-pyrrole nitrogens is 1. The summed E-state index contributed by atoms with van der Waals surface area (Å²) in [5.74, 6) is 3.60. The van der Waals surface area contributed by atoms with Crippen LogP contribution in [0.2, 0.25) is 0 Å². The Hall–Kier alpha value is -1.96. The maximum Gasteiger partial charge on any atom is 0.174 e. The van der Waals surface area contributed by atoms with Gasteiger partial charge in [0.2, 0.25) is 0 Å². The average molecular weight is 476 g/mol. The molecule has 9 atom stereocenters. The molecule has 1 aromatic rings. The summed E-state index contributed by atoms with van der Waals surface area (Å²) in [4.78, 5) is 0. The Morgan fingerprint density at radius 3 is 2.40 bits per heavy atom. The second-order valence-electron chi connectivity index (χ2n) is 13.6. The van der Waals surface area contributed by atoms with Gasteiger partial charge in [-0.2, -0.15) is 10.5 Å². The van der Waals surface area contributed by atoms with Crippen molar-refractivity contribution in [1.29, 1.82) is 5.26 Å². The maximum absolute atomic E-state index is 10.5. The van der Waals surface area contributed by atoms with Crippen molar-refractivity contribution >= 4 is 0 Å². The number of hydrogen-bond acceptors (Lipinski definition) is 4. The van der Waals surface area contributed by atoms with Gasteiger partial charge in [0.15, 0.2) is 5.82 Å². The molecule has 1 aromatic heterocycles. The summed E-state index contributed by atoms with van der Waals surface area (Å²) in [7, 11) is 0. The minimum absolute atomic E-state index is 0.131. The number of nitrogens with zero attached hydrogens (tertiary/aromatic N) is 4. The molecular weight excluding hydrogens is 430 g/mol. The van der Waals surface area contributed by atoms with Gasteiger partial charge in [-0.25, -0.2) is 0 Å². The lowest BCUT2D eigenvalue weighted by molar-refractivity contribution is -0.209. The van der Waals surface area contributed by atoms with Gasteiger partial charge in [0.05, 0.1) is 11.5 Å². The van der Waals surface area contributed by atoms with Gasteiger partial charge in [0.1, 0.15) is 0 Å². The van der Waals surface area contributed by atoms with Crippen LogP contribution in [0.25, 0.3) is 0 Å². The van der Waals surface area contributed by atoms with Gasteiger partial charge in [-0.1, -0.05) is 50.3 Å². The van der Waals surface area contributed by atoms with Crippen LogP contribution in [0.3, 0.4) is 0 Å². The highest BCUT2D eigenvalue weighted by Crippen LogP contribution is 2.76. The lowest BCUT2D eigenvalue weighted by Gasteiger charge is -2.70. The van der Waals surface area contributed by atoms with Gasteiger partial charge >= 0.3 is 0 Å². The van der Waals surface area contributed by atoms with Crippen LogP contribution in [0, 0.1) is 62.6 Å². The summed E-state index contributed by atoms with van der Waals surface area (Å²) in [6.07, 6.45) is 11.4. The summed E-state index contributed by atoms with van der Waals surface area (Å²) >= 11 is 0. The summed E-state index contributed by atoms with van der Waals surface area (Å²) in [5, 5.41) is 25.4. The molecule has 5 nitrogen and oxygen atoms in total. The third-order valence-corrected chi connectivity index (χ3v) is 12.4. The topological polar surface area (TPSA) is 78.2 Å². The Kier molecular flexibility index (Phi) is 5.85. The number of allylic oxidation sites excluding steroid dienone is 2. The molecule has 0 aliphatic heterocycles. The van der Waals surface area contributed by atoms with Crippen LogP contribution in [-0.2, 0) is 6.42 Å². The Bertz CT molecular complexity index is 1040.